The molecule has 4 rings (SSSR count). The van der Waals surface area contributed by atoms with E-state index < -0.39 is 60.2 Å². The second-order valence-corrected chi connectivity index (χ2v) is 9.40. The number of rotatable bonds is 7. The van der Waals surface area contributed by atoms with E-state index in [1.54, 1.807) is 12.1 Å². The van der Waals surface area contributed by atoms with Crippen molar-refractivity contribution >= 4 is 34.8 Å². The standard InChI is InChI=1S/C27H30O12/c1-13(28)33-12-22-23(34-14(2)29)24(35-15(3)30)25(36-16(4)31)27(39-22)37-17-9-10-19-18-7-5-6-8-20(18)26(32)38-21(19)11-17/h9-11,22-25,27H,5-8,12H2,1-4H3/t22-,23-,24+,25-,27-/m1/s1. The lowest BCUT2D eigenvalue weighted by Crippen LogP contribution is -2.63. The van der Waals surface area contributed by atoms with Crippen LogP contribution in [-0.4, -0.2) is 61.2 Å². The maximum absolute atomic E-state index is 12.6. The van der Waals surface area contributed by atoms with E-state index in [0.29, 0.717) is 17.6 Å². The van der Waals surface area contributed by atoms with E-state index in [4.69, 9.17) is 32.8 Å². The fourth-order valence-corrected chi connectivity index (χ4v) is 4.92. The molecule has 2 aromatic rings. The van der Waals surface area contributed by atoms with Crippen molar-refractivity contribution in [1.29, 1.82) is 0 Å². The van der Waals surface area contributed by atoms with Gasteiger partial charge in [-0.15, -0.1) is 0 Å². The molecule has 5 atom stereocenters. The summed E-state index contributed by atoms with van der Waals surface area (Å²) in [5, 5.41) is 0.790. The molecular formula is C27H30O12. The Kier molecular flexibility index (Phi) is 8.54. The van der Waals surface area contributed by atoms with E-state index in [1.807, 2.05) is 0 Å². The van der Waals surface area contributed by atoms with Crippen LogP contribution in [-0.2, 0) is 55.7 Å². The summed E-state index contributed by atoms with van der Waals surface area (Å²) in [6.07, 6.45) is -3.26. The normalized spacial score (nSPS) is 24.3. The Hall–Kier alpha value is -3.93. The Labute approximate surface area is 223 Å². The van der Waals surface area contributed by atoms with Crippen molar-refractivity contribution in [2.45, 2.75) is 84.1 Å². The molecule has 0 spiro atoms. The number of hydrogen-bond donors (Lipinski definition) is 0. The molecule has 0 N–H and O–H groups in total. The van der Waals surface area contributed by atoms with Gasteiger partial charge in [-0.25, -0.2) is 4.79 Å². The number of hydrogen-bond acceptors (Lipinski definition) is 12. The minimum atomic E-state index is -1.40. The third-order valence-electron chi connectivity index (χ3n) is 6.40. The van der Waals surface area contributed by atoms with Crippen LogP contribution in [0.1, 0.15) is 51.7 Å². The van der Waals surface area contributed by atoms with Gasteiger partial charge in [0.05, 0.1) is 0 Å². The largest absolute Gasteiger partial charge is 0.463 e. The highest BCUT2D eigenvalue weighted by atomic mass is 16.7. The van der Waals surface area contributed by atoms with E-state index >= 15 is 0 Å². The Bertz CT molecular complexity index is 1330. The second-order valence-electron chi connectivity index (χ2n) is 9.40. The number of aryl methyl sites for hydroxylation is 1. The van der Waals surface area contributed by atoms with Crippen molar-refractivity contribution in [2.24, 2.45) is 0 Å². The van der Waals surface area contributed by atoms with Crippen LogP contribution in [0.15, 0.2) is 27.4 Å². The Morgan fingerprint density at radius 3 is 2.08 bits per heavy atom. The van der Waals surface area contributed by atoms with Gasteiger partial charge in [0.2, 0.25) is 12.4 Å². The molecule has 1 fully saturated rings. The smallest absolute Gasteiger partial charge is 0.339 e. The number of benzene rings is 1. The van der Waals surface area contributed by atoms with Crippen LogP contribution < -0.4 is 10.4 Å². The van der Waals surface area contributed by atoms with Gasteiger partial charge in [-0.2, -0.15) is 0 Å². The summed E-state index contributed by atoms with van der Waals surface area (Å²) in [5.41, 5.74) is 1.54. The SMILES string of the molecule is CC(=O)OC[C@H]1O[C@@H](Oc2ccc3c4c(c(=O)oc3c2)CCCC4)[C@H](OC(C)=O)[C@@H](OC(C)=O)[C@@H]1OC(C)=O. The van der Waals surface area contributed by atoms with Crippen molar-refractivity contribution in [3.8, 4) is 5.75 Å². The average molecular weight is 547 g/mol. The molecule has 210 valence electrons. The predicted molar refractivity (Wildman–Crippen MR) is 132 cm³/mol. The Morgan fingerprint density at radius 2 is 1.44 bits per heavy atom. The Morgan fingerprint density at radius 1 is 0.821 bits per heavy atom. The first-order valence-corrected chi connectivity index (χ1v) is 12.6. The Balaban J connectivity index is 1.71. The molecule has 1 aromatic heterocycles. The molecule has 0 bridgehead atoms. The maximum Gasteiger partial charge on any atom is 0.339 e. The van der Waals surface area contributed by atoms with Crippen molar-refractivity contribution in [2.75, 3.05) is 6.61 Å². The van der Waals surface area contributed by atoms with E-state index in [2.05, 4.69) is 0 Å². The van der Waals surface area contributed by atoms with Crippen molar-refractivity contribution in [3.05, 3.63) is 39.7 Å². The van der Waals surface area contributed by atoms with Gasteiger partial charge in [-0.05, 0) is 43.4 Å². The molecule has 1 aromatic carbocycles. The molecule has 1 aliphatic heterocycles. The van der Waals surface area contributed by atoms with E-state index in [9.17, 15) is 24.0 Å². The zero-order valence-corrected chi connectivity index (χ0v) is 22.1. The molecule has 0 amide bonds. The molecule has 0 radical (unpaired) electrons. The first-order valence-electron chi connectivity index (χ1n) is 12.6. The van der Waals surface area contributed by atoms with Crippen LogP contribution >= 0.6 is 0 Å². The zero-order chi connectivity index (χ0) is 28.3. The van der Waals surface area contributed by atoms with Crippen LogP contribution in [0.5, 0.6) is 5.75 Å². The van der Waals surface area contributed by atoms with E-state index in [0.717, 1.165) is 51.0 Å². The summed E-state index contributed by atoms with van der Waals surface area (Å²) in [4.78, 5) is 60.0. The topological polar surface area (TPSA) is 154 Å². The minimum Gasteiger partial charge on any atom is -0.463 e. The van der Waals surface area contributed by atoms with E-state index in [1.165, 1.54) is 13.0 Å². The van der Waals surface area contributed by atoms with Gasteiger partial charge in [-0.1, -0.05) is 0 Å². The fraction of sp³-hybridized carbons (Fsp3) is 0.519. The molecule has 0 unspecified atom stereocenters. The van der Waals surface area contributed by atoms with Gasteiger partial charge in [0.15, 0.2) is 12.2 Å². The minimum absolute atomic E-state index is 0.197. The highest BCUT2D eigenvalue weighted by Crippen LogP contribution is 2.33. The summed E-state index contributed by atoms with van der Waals surface area (Å²) < 4.78 is 38.8. The van der Waals surface area contributed by atoms with Gasteiger partial charge in [0, 0.05) is 44.7 Å². The van der Waals surface area contributed by atoms with Gasteiger partial charge in [-0.3, -0.25) is 19.2 Å². The first kappa shape index (κ1) is 28.1. The van der Waals surface area contributed by atoms with Gasteiger partial charge in [0.1, 0.15) is 24.0 Å². The maximum atomic E-state index is 12.6. The third kappa shape index (κ3) is 6.56. The highest BCUT2D eigenvalue weighted by molar-refractivity contribution is 5.82. The van der Waals surface area contributed by atoms with Crippen molar-refractivity contribution in [1.82, 2.24) is 0 Å². The van der Waals surface area contributed by atoms with Gasteiger partial charge < -0.3 is 32.8 Å². The summed E-state index contributed by atoms with van der Waals surface area (Å²) >= 11 is 0. The highest BCUT2D eigenvalue weighted by Gasteiger charge is 2.53. The van der Waals surface area contributed by atoms with Gasteiger partial charge in [0.25, 0.3) is 0 Å². The zero-order valence-electron chi connectivity index (χ0n) is 22.1. The molecule has 1 saturated heterocycles. The van der Waals surface area contributed by atoms with Crippen LogP contribution in [0, 0.1) is 0 Å². The van der Waals surface area contributed by atoms with Crippen LogP contribution in [0.2, 0.25) is 0 Å². The monoisotopic (exact) mass is 546 g/mol. The van der Waals surface area contributed by atoms with Crippen LogP contribution in [0.25, 0.3) is 11.0 Å². The van der Waals surface area contributed by atoms with Crippen LogP contribution in [0.4, 0.5) is 0 Å². The average Bonchev–Trinajstić information content (AvgIpc) is 2.85. The lowest BCUT2D eigenvalue weighted by atomic mass is 9.91. The van der Waals surface area contributed by atoms with Crippen molar-refractivity contribution < 1.29 is 52.0 Å². The summed E-state index contributed by atoms with van der Waals surface area (Å²) in [6, 6.07) is 4.92. The van der Waals surface area contributed by atoms with Gasteiger partial charge >= 0.3 is 29.5 Å². The molecule has 12 nitrogen and oxygen atoms in total. The summed E-state index contributed by atoms with van der Waals surface area (Å²) in [6.45, 7) is 4.22. The molecular weight excluding hydrogens is 516 g/mol. The number of carbonyl (C=O) groups excluding carboxylic acids is 4. The summed E-state index contributed by atoms with van der Waals surface area (Å²) in [5.74, 6) is -2.66. The lowest BCUT2D eigenvalue weighted by molar-refractivity contribution is -0.288. The second kappa shape index (κ2) is 11.9. The molecule has 2 heterocycles. The van der Waals surface area contributed by atoms with E-state index in [-0.39, 0.29) is 12.4 Å². The fourth-order valence-electron chi connectivity index (χ4n) is 4.92. The number of esters is 4. The number of fused-ring (bicyclic) bond motifs is 3. The number of ether oxygens (including phenoxy) is 6. The molecule has 12 heteroatoms. The molecule has 0 saturated carbocycles. The lowest BCUT2D eigenvalue weighted by Gasteiger charge is -2.43. The summed E-state index contributed by atoms with van der Waals surface area (Å²) in [7, 11) is 0. The first-order chi connectivity index (χ1) is 18.5. The quantitative estimate of drug-likeness (QED) is 0.284. The molecule has 39 heavy (non-hydrogen) atoms. The molecule has 2 aliphatic rings. The predicted octanol–water partition coefficient (Wildman–Crippen LogP) is 2.13. The molecule has 1 aliphatic carbocycles. The third-order valence-corrected chi connectivity index (χ3v) is 6.40. The van der Waals surface area contributed by atoms with Crippen molar-refractivity contribution in [3.63, 3.8) is 0 Å². The number of carbonyl (C=O) groups is 4. The van der Waals surface area contributed by atoms with Crippen LogP contribution in [0.3, 0.4) is 0 Å².